The summed E-state index contributed by atoms with van der Waals surface area (Å²) >= 11 is 1.22. The molecule has 6 nitrogen and oxygen atoms in total. The Labute approximate surface area is 140 Å². The fraction of sp³-hybridized carbons (Fsp3) is 0.333. The highest BCUT2D eigenvalue weighted by molar-refractivity contribution is 7.91. The van der Waals surface area contributed by atoms with Crippen molar-refractivity contribution in [3.63, 3.8) is 0 Å². The number of nitrogens with zero attached hydrogens (tertiary/aromatic N) is 2. The highest BCUT2D eigenvalue weighted by Crippen LogP contribution is 2.20. The lowest BCUT2D eigenvalue weighted by molar-refractivity contribution is -0.129. The second kappa shape index (κ2) is 7.67. The predicted octanol–water partition coefficient (Wildman–Crippen LogP) is 1.78. The number of carbonyl (C=O) groups is 1. The average Bonchev–Trinajstić information content (AvgIpc) is 2.94. The van der Waals surface area contributed by atoms with Gasteiger partial charge in [0.2, 0.25) is 15.9 Å². The molecule has 0 unspecified atom stereocenters. The van der Waals surface area contributed by atoms with Crippen molar-refractivity contribution in [2.24, 2.45) is 0 Å². The molecule has 2 rings (SSSR count). The summed E-state index contributed by atoms with van der Waals surface area (Å²) in [5, 5.41) is 0. The summed E-state index contributed by atoms with van der Waals surface area (Å²) in [6, 6.07) is 8.83. The van der Waals surface area contributed by atoms with Gasteiger partial charge in [-0.05, 0) is 31.2 Å². The lowest BCUT2D eigenvalue weighted by Crippen LogP contribution is -2.37. The van der Waals surface area contributed by atoms with E-state index in [9.17, 15) is 13.2 Å². The Morgan fingerprint density at radius 2 is 2.09 bits per heavy atom. The summed E-state index contributed by atoms with van der Waals surface area (Å²) in [4.78, 5) is 18.4. The van der Waals surface area contributed by atoms with E-state index in [1.807, 2.05) is 19.1 Å². The highest BCUT2D eigenvalue weighted by atomic mass is 32.2. The number of thiophene rings is 1. The maximum absolute atomic E-state index is 12.1. The van der Waals surface area contributed by atoms with Crippen molar-refractivity contribution >= 4 is 27.3 Å². The molecule has 0 aromatic carbocycles. The van der Waals surface area contributed by atoms with Crippen LogP contribution in [0.1, 0.15) is 17.5 Å². The van der Waals surface area contributed by atoms with Crippen LogP contribution in [0.15, 0.2) is 40.7 Å². The SMILES string of the molecule is CC(=O)N(CCNS(=O)(=O)c1ccc(C)s1)Cc1ccccn1. The number of aryl methyl sites for hydroxylation is 1. The van der Waals surface area contributed by atoms with Gasteiger partial charge in [-0.25, -0.2) is 13.1 Å². The molecule has 0 aliphatic carbocycles. The quantitative estimate of drug-likeness (QED) is 0.823. The van der Waals surface area contributed by atoms with E-state index in [-0.39, 0.29) is 23.2 Å². The maximum atomic E-state index is 12.1. The number of sulfonamides is 1. The van der Waals surface area contributed by atoms with Crippen LogP contribution in [0, 0.1) is 6.92 Å². The Morgan fingerprint density at radius 1 is 1.30 bits per heavy atom. The Balaban J connectivity index is 1.93. The average molecular weight is 353 g/mol. The number of hydrogen-bond acceptors (Lipinski definition) is 5. The van der Waals surface area contributed by atoms with E-state index in [0.717, 1.165) is 10.6 Å². The van der Waals surface area contributed by atoms with Gasteiger partial charge in [0, 0.05) is 31.1 Å². The van der Waals surface area contributed by atoms with Gasteiger partial charge < -0.3 is 4.90 Å². The second-order valence-electron chi connectivity index (χ2n) is 5.02. The van der Waals surface area contributed by atoms with Crippen LogP contribution in [0.25, 0.3) is 0 Å². The van der Waals surface area contributed by atoms with Crippen molar-refractivity contribution in [1.82, 2.24) is 14.6 Å². The molecule has 0 bridgehead atoms. The van der Waals surface area contributed by atoms with Crippen molar-refractivity contribution in [2.75, 3.05) is 13.1 Å². The van der Waals surface area contributed by atoms with Crippen molar-refractivity contribution < 1.29 is 13.2 Å². The second-order valence-corrected chi connectivity index (χ2v) is 8.31. The molecule has 2 aromatic heterocycles. The van der Waals surface area contributed by atoms with Gasteiger partial charge in [0.05, 0.1) is 12.2 Å². The fourth-order valence-corrected chi connectivity index (χ4v) is 4.33. The molecule has 0 spiro atoms. The van der Waals surface area contributed by atoms with Crippen LogP contribution < -0.4 is 4.72 Å². The van der Waals surface area contributed by atoms with Gasteiger partial charge in [-0.3, -0.25) is 9.78 Å². The number of rotatable bonds is 7. The molecule has 2 heterocycles. The van der Waals surface area contributed by atoms with Crippen LogP contribution >= 0.6 is 11.3 Å². The van der Waals surface area contributed by atoms with Crippen LogP contribution in [0.2, 0.25) is 0 Å². The molecule has 8 heteroatoms. The van der Waals surface area contributed by atoms with E-state index in [4.69, 9.17) is 0 Å². The summed E-state index contributed by atoms with van der Waals surface area (Å²) < 4.78 is 27.1. The third-order valence-electron chi connectivity index (χ3n) is 3.18. The number of carbonyl (C=O) groups excluding carboxylic acids is 1. The zero-order chi connectivity index (χ0) is 16.9. The van der Waals surface area contributed by atoms with Gasteiger partial charge in [-0.2, -0.15) is 0 Å². The number of nitrogens with one attached hydrogen (secondary N) is 1. The fourth-order valence-electron chi connectivity index (χ4n) is 1.98. The predicted molar refractivity (Wildman–Crippen MR) is 89.6 cm³/mol. The van der Waals surface area contributed by atoms with E-state index in [1.165, 1.54) is 18.3 Å². The van der Waals surface area contributed by atoms with Crippen LogP contribution in [-0.4, -0.2) is 37.3 Å². The maximum Gasteiger partial charge on any atom is 0.250 e. The van der Waals surface area contributed by atoms with E-state index >= 15 is 0 Å². The summed E-state index contributed by atoms with van der Waals surface area (Å²) in [5.74, 6) is -0.123. The largest absolute Gasteiger partial charge is 0.336 e. The topological polar surface area (TPSA) is 79.4 Å². The summed E-state index contributed by atoms with van der Waals surface area (Å²) in [6.07, 6.45) is 1.66. The summed E-state index contributed by atoms with van der Waals surface area (Å²) in [6.45, 7) is 4.12. The first-order valence-electron chi connectivity index (χ1n) is 7.10. The van der Waals surface area contributed by atoms with Crippen LogP contribution in [-0.2, 0) is 21.4 Å². The highest BCUT2D eigenvalue weighted by Gasteiger charge is 2.17. The standard InChI is InChI=1S/C15H19N3O3S2/c1-12-6-7-15(22-12)23(20,21)17-9-10-18(13(2)19)11-14-5-3-4-8-16-14/h3-8,17H,9-11H2,1-2H3. The van der Waals surface area contributed by atoms with Gasteiger partial charge in [-0.1, -0.05) is 6.07 Å². The minimum atomic E-state index is -3.52. The molecule has 23 heavy (non-hydrogen) atoms. The van der Waals surface area contributed by atoms with Crippen molar-refractivity contribution in [3.05, 3.63) is 47.1 Å². The molecule has 2 aromatic rings. The third-order valence-corrected chi connectivity index (χ3v) is 6.13. The first kappa shape index (κ1) is 17.6. The molecule has 0 aliphatic heterocycles. The minimum absolute atomic E-state index is 0.123. The number of amides is 1. The molecule has 1 N–H and O–H groups in total. The van der Waals surface area contributed by atoms with Gasteiger partial charge >= 0.3 is 0 Å². The van der Waals surface area contributed by atoms with E-state index in [0.29, 0.717) is 6.54 Å². The third kappa shape index (κ3) is 5.12. The minimum Gasteiger partial charge on any atom is -0.336 e. The van der Waals surface area contributed by atoms with E-state index in [1.54, 1.807) is 29.3 Å². The number of hydrogen-bond donors (Lipinski definition) is 1. The van der Waals surface area contributed by atoms with Gasteiger partial charge in [0.25, 0.3) is 0 Å². The molecule has 1 amide bonds. The monoisotopic (exact) mass is 353 g/mol. The zero-order valence-corrected chi connectivity index (χ0v) is 14.7. The molecular weight excluding hydrogens is 334 g/mol. The lowest BCUT2D eigenvalue weighted by atomic mass is 10.3. The molecule has 0 aliphatic rings. The van der Waals surface area contributed by atoms with Crippen LogP contribution in [0.3, 0.4) is 0 Å². The van der Waals surface area contributed by atoms with Crippen molar-refractivity contribution in [1.29, 1.82) is 0 Å². The van der Waals surface area contributed by atoms with Crippen molar-refractivity contribution in [2.45, 2.75) is 24.6 Å². The summed E-state index contributed by atoms with van der Waals surface area (Å²) in [7, 11) is -3.52. The Bertz CT molecular complexity index is 757. The van der Waals surface area contributed by atoms with E-state index < -0.39 is 10.0 Å². The molecule has 124 valence electrons. The Hall–Kier alpha value is -1.77. The van der Waals surface area contributed by atoms with Crippen LogP contribution in [0.4, 0.5) is 0 Å². The summed E-state index contributed by atoms with van der Waals surface area (Å²) in [5.41, 5.74) is 0.763. The van der Waals surface area contributed by atoms with Gasteiger partial charge in [0.1, 0.15) is 4.21 Å². The molecule has 0 saturated carbocycles. The smallest absolute Gasteiger partial charge is 0.250 e. The first-order chi connectivity index (χ1) is 10.9. The first-order valence-corrected chi connectivity index (χ1v) is 9.40. The van der Waals surface area contributed by atoms with E-state index in [2.05, 4.69) is 9.71 Å². The van der Waals surface area contributed by atoms with Gasteiger partial charge in [-0.15, -0.1) is 11.3 Å². The molecule has 0 fully saturated rings. The Morgan fingerprint density at radius 3 is 2.65 bits per heavy atom. The Kier molecular flexibility index (Phi) is 5.86. The van der Waals surface area contributed by atoms with Gasteiger partial charge in [0.15, 0.2) is 0 Å². The molecule has 0 atom stereocenters. The molecule has 0 saturated heterocycles. The number of pyridine rings is 1. The lowest BCUT2D eigenvalue weighted by Gasteiger charge is -2.20. The molecule has 0 radical (unpaired) electrons. The molecular formula is C15H19N3O3S2. The van der Waals surface area contributed by atoms with Crippen molar-refractivity contribution in [3.8, 4) is 0 Å². The zero-order valence-electron chi connectivity index (χ0n) is 13.0. The normalized spacial score (nSPS) is 11.4. The number of aromatic nitrogens is 1. The van der Waals surface area contributed by atoms with Crippen LogP contribution in [0.5, 0.6) is 0 Å².